The van der Waals surface area contributed by atoms with Crippen molar-refractivity contribution in [2.24, 2.45) is 0 Å². The molecule has 1 unspecified atom stereocenters. The van der Waals surface area contributed by atoms with Crippen molar-refractivity contribution in [2.45, 2.75) is 51.2 Å². The molecule has 0 radical (unpaired) electrons. The Morgan fingerprint density at radius 1 is 1.50 bits per heavy atom. The van der Waals surface area contributed by atoms with Crippen molar-refractivity contribution in [3.63, 3.8) is 0 Å². The predicted octanol–water partition coefficient (Wildman–Crippen LogP) is 4.02. The summed E-state index contributed by atoms with van der Waals surface area (Å²) in [6.07, 6.45) is 9.38. The highest BCUT2D eigenvalue weighted by molar-refractivity contribution is 8.00. The van der Waals surface area contributed by atoms with Crippen molar-refractivity contribution < 1.29 is 0 Å². The molecule has 1 rings (SSSR count). The SMILES string of the molecule is CCCCCC1CC=C(C)CS1. The van der Waals surface area contributed by atoms with Gasteiger partial charge in [-0.1, -0.05) is 37.8 Å². The van der Waals surface area contributed by atoms with E-state index in [1.807, 2.05) is 0 Å². The second-order valence-corrected chi connectivity index (χ2v) is 5.00. The zero-order chi connectivity index (χ0) is 8.81. The highest BCUT2D eigenvalue weighted by Gasteiger charge is 2.11. The fourth-order valence-corrected chi connectivity index (χ4v) is 2.71. The van der Waals surface area contributed by atoms with Gasteiger partial charge in [0, 0.05) is 11.0 Å². The van der Waals surface area contributed by atoms with Gasteiger partial charge in [-0.3, -0.25) is 0 Å². The van der Waals surface area contributed by atoms with Gasteiger partial charge in [0.2, 0.25) is 0 Å². The Balaban J connectivity index is 2.10. The van der Waals surface area contributed by atoms with Crippen molar-refractivity contribution in [3.8, 4) is 0 Å². The topological polar surface area (TPSA) is 0 Å². The molecule has 1 aliphatic rings. The van der Waals surface area contributed by atoms with E-state index >= 15 is 0 Å². The average Bonchev–Trinajstić information content (AvgIpc) is 2.09. The minimum Gasteiger partial charge on any atom is -0.154 e. The average molecular weight is 184 g/mol. The minimum absolute atomic E-state index is 0.931. The Kier molecular flexibility index (Phi) is 4.82. The molecule has 0 aromatic heterocycles. The Bertz CT molecular complexity index is 149. The van der Waals surface area contributed by atoms with Crippen LogP contribution in [0, 0.1) is 0 Å². The van der Waals surface area contributed by atoms with Gasteiger partial charge in [0.15, 0.2) is 0 Å². The molecule has 70 valence electrons. The minimum atomic E-state index is 0.931. The maximum Gasteiger partial charge on any atom is 0.0143 e. The van der Waals surface area contributed by atoms with Crippen molar-refractivity contribution in [1.82, 2.24) is 0 Å². The summed E-state index contributed by atoms with van der Waals surface area (Å²) in [7, 11) is 0. The van der Waals surface area contributed by atoms with Crippen LogP contribution in [0.2, 0.25) is 0 Å². The van der Waals surface area contributed by atoms with E-state index in [4.69, 9.17) is 0 Å². The second kappa shape index (κ2) is 5.69. The van der Waals surface area contributed by atoms with Crippen LogP contribution < -0.4 is 0 Å². The summed E-state index contributed by atoms with van der Waals surface area (Å²) in [4.78, 5) is 0. The van der Waals surface area contributed by atoms with E-state index in [-0.39, 0.29) is 0 Å². The number of thioether (sulfide) groups is 1. The molecule has 0 aromatic rings. The van der Waals surface area contributed by atoms with E-state index in [0.717, 1.165) is 5.25 Å². The monoisotopic (exact) mass is 184 g/mol. The van der Waals surface area contributed by atoms with E-state index in [1.54, 1.807) is 5.57 Å². The van der Waals surface area contributed by atoms with Crippen LogP contribution in [0.3, 0.4) is 0 Å². The number of allylic oxidation sites excluding steroid dienone is 1. The molecule has 0 nitrogen and oxygen atoms in total. The van der Waals surface area contributed by atoms with E-state index in [2.05, 4.69) is 31.7 Å². The first kappa shape index (κ1) is 10.2. The van der Waals surface area contributed by atoms with Gasteiger partial charge in [0.05, 0.1) is 0 Å². The Morgan fingerprint density at radius 3 is 2.92 bits per heavy atom. The van der Waals surface area contributed by atoms with E-state index in [9.17, 15) is 0 Å². The van der Waals surface area contributed by atoms with E-state index in [1.165, 1.54) is 37.9 Å². The van der Waals surface area contributed by atoms with Gasteiger partial charge in [-0.25, -0.2) is 0 Å². The lowest BCUT2D eigenvalue weighted by Gasteiger charge is -2.19. The maximum atomic E-state index is 2.42. The number of hydrogen-bond acceptors (Lipinski definition) is 1. The molecule has 0 N–H and O–H groups in total. The Labute approximate surface area is 80.8 Å². The lowest BCUT2D eigenvalue weighted by Crippen LogP contribution is -2.07. The molecule has 0 bridgehead atoms. The van der Waals surface area contributed by atoms with E-state index in [0.29, 0.717) is 0 Å². The molecule has 0 amide bonds. The summed E-state index contributed by atoms with van der Waals surface area (Å²) < 4.78 is 0. The molecule has 0 aliphatic carbocycles. The fourth-order valence-electron chi connectivity index (χ4n) is 1.53. The van der Waals surface area contributed by atoms with Crippen molar-refractivity contribution >= 4 is 11.8 Å². The number of unbranched alkanes of at least 4 members (excludes halogenated alkanes) is 2. The van der Waals surface area contributed by atoms with Gasteiger partial charge < -0.3 is 0 Å². The standard InChI is InChI=1S/C11H20S/c1-3-4-5-6-11-8-7-10(2)9-12-11/h7,11H,3-6,8-9H2,1-2H3. The molecule has 0 spiro atoms. The van der Waals surface area contributed by atoms with Crippen molar-refractivity contribution in [3.05, 3.63) is 11.6 Å². The first-order valence-electron chi connectivity index (χ1n) is 5.10. The molecule has 1 heterocycles. The third-order valence-electron chi connectivity index (χ3n) is 2.41. The van der Waals surface area contributed by atoms with Crippen molar-refractivity contribution in [1.29, 1.82) is 0 Å². The fraction of sp³-hybridized carbons (Fsp3) is 0.818. The summed E-state index contributed by atoms with van der Waals surface area (Å²) in [5, 5.41) is 0.931. The van der Waals surface area contributed by atoms with Crippen LogP contribution >= 0.6 is 11.8 Å². The molecule has 12 heavy (non-hydrogen) atoms. The maximum absolute atomic E-state index is 2.42. The van der Waals surface area contributed by atoms with Gasteiger partial charge in [0.1, 0.15) is 0 Å². The second-order valence-electron chi connectivity index (χ2n) is 3.71. The highest BCUT2D eigenvalue weighted by Crippen LogP contribution is 2.28. The van der Waals surface area contributed by atoms with Crippen molar-refractivity contribution in [2.75, 3.05) is 5.75 Å². The third-order valence-corrected chi connectivity index (χ3v) is 3.93. The molecule has 0 saturated heterocycles. The molecular formula is C11H20S. The van der Waals surface area contributed by atoms with Gasteiger partial charge in [0.25, 0.3) is 0 Å². The number of rotatable bonds is 4. The first-order valence-corrected chi connectivity index (χ1v) is 6.15. The quantitative estimate of drug-likeness (QED) is 0.470. The van der Waals surface area contributed by atoms with Crippen LogP contribution in [0.25, 0.3) is 0 Å². The lowest BCUT2D eigenvalue weighted by atomic mass is 10.1. The van der Waals surface area contributed by atoms with Crippen LogP contribution in [-0.4, -0.2) is 11.0 Å². The van der Waals surface area contributed by atoms with E-state index < -0.39 is 0 Å². The normalized spacial score (nSPS) is 23.8. The number of hydrogen-bond donors (Lipinski definition) is 0. The zero-order valence-corrected chi connectivity index (χ0v) is 9.12. The molecule has 1 atom stereocenters. The molecule has 0 saturated carbocycles. The summed E-state index contributed by atoms with van der Waals surface area (Å²) in [5.74, 6) is 1.27. The summed E-state index contributed by atoms with van der Waals surface area (Å²) in [6, 6.07) is 0. The molecule has 0 aromatic carbocycles. The molecule has 1 aliphatic heterocycles. The summed E-state index contributed by atoms with van der Waals surface area (Å²) in [5.41, 5.74) is 1.58. The van der Waals surface area contributed by atoms with Crippen LogP contribution in [0.1, 0.15) is 46.0 Å². The first-order chi connectivity index (χ1) is 5.83. The van der Waals surface area contributed by atoms with Gasteiger partial charge >= 0.3 is 0 Å². The van der Waals surface area contributed by atoms with Crippen LogP contribution in [0.4, 0.5) is 0 Å². The summed E-state index contributed by atoms with van der Waals surface area (Å²) >= 11 is 2.15. The van der Waals surface area contributed by atoms with Gasteiger partial charge in [-0.15, -0.1) is 0 Å². The van der Waals surface area contributed by atoms with Gasteiger partial charge in [-0.2, -0.15) is 11.8 Å². The van der Waals surface area contributed by atoms with Crippen LogP contribution in [-0.2, 0) is 0 Å². The molecular weight excluding hydrogens is 164 g/mol. The largest absolute Gasteiger partial charge is 0.154 e. The lowest BCUT2D eigenvalue weighted by molar-refractivity contribution is 0.645. The predicted molar refractivity (Wildman–Crippen MR) is 58.8 cm³/mol. The van der Waals surface area contributed by atoms with Gasteiger partial charge in [-0.05, 0) is 19.8 Å². The summed E-state index contributed by atoms with van der Waals surface area (Å²) in [6.45, 7) is 4.52. The van der Waals surface area contributed by atoms with Crippen LogP contribution in [0.15, 0.2) is 11.6 Å². The third kappa shape index (κ3) is 3.66. The molecule has 1 heteroatoms. The zero-order valence-electron chi connectivity index (χ0n) is 8.31. The smallest absolute Gasteiger partial charge is 0.0143 e. The Morgan fingerprint density at radius 2 is 2.33 bits per heavy atom. The highest BCUT2D eigenvalue weighted by atomic mass is 32.2. The Hall–Kier alpha value is 0.0900. The van der Waals surface area contributed by atoms with Crippen LogP contribution in [0.5, 0.6) is 0 Å². The molecule has 0 fully saturated rings.